The van der Waals surface area contributed by atoms with Crippen LogP contribution in [0.5, 0.6) is 0 Å². The highest BCUT2D eigenvalue weighted by atomic mass is 15.0. The fourth-order valence-corrected chi connectivity index (χ4v) is 2.10. The Morgan fingerprint density at radius 3 is 3.00 bits per heavy atom. The summed E-state index contributed by atoms with van der Waals surface area (Å²) in [6.45, 7) is 0.707. The summed E-state index contributed by atoms with van der Waals surface area (Å²) >= 11 is 0. The van der Waals surface area contributed by atoms with E-state index in [0.29, 0.717) is 12.5 Å². The number of hydrogen-bond acceptors (Lipinski definition) is 3. The minimum absolute atomic E-state index is 0.701. The summed E-state index contributed by atoms with van der Waals surface area (Å²) in [4.78, 5) is 12.4. The van der Waals surface area contributed by atoms with Crippen molar-refractivity contribution in [3.05, 3.63) is 35.8 Å². The van der Waals surface area contributed by atoms with Crippen LogP contribution in [0.25, 0.3) is 11.5 Å². The maximum Gasteiger partial charge on any atom is 0.156 e. The molecule has 4 heteroatoms. The monoisotopic (exact) mass is 242 g/mol. The normalized spacial score (nSPS) is 14.9. The van der Waals surface area contributed by atoms with Gasteiger partial charge < -0.3 is 10.7 Å². The van der Waals surface area contributed by atoms with E-state index in [1.807, 2.05) is 24.4 Å². The molecule has 0 radical (unpaired) electrons. The third kappa shape index (κ3) is 2.43. The predicted molar refractivity (Wildman–Crippen MR) is 71.2 cm³/mol. The maximum absolute atomic E-state index is 5.52. The van der Waals surface area contributed by atoms with Gasteiger partial charge in [-0.15, -0.1) is 0 Å². The lowest BCUT2D eigenvalue weighted by Crippen LogP contribution is -2.02. The van der Waals surface area contributed by atoms with E-state index in [1.165, 1.54) is 18.5 Å². The lowest BCUT2D eigenvalue weighted by Gasteiger charge is -2.01. The van der Waals surface area contributed by atoms with Crippen LogP contribution in [0.4, 0.5) is 0 Å². The van der Waals surface area contributed by atoms with Gasteiger partial charge in [-0.05, 0) is 44.4 Å². The predicted octanol–water partition coefficient (Wildman–Crippen LogP) is 2.24. The fraction of sp³-hybridized carbons (Fsp3) is 0.429. The van der Waals surface area contributed by atoms with Crippen LogP contribution in [-0.4, -0.2) is 21.5 Å². The molecule has 3 N–H and O–H groups in total. The van der Waals surface area contributed by atoms with Gasteiger partial charge in [-0.1, -0.05) is 6.07 Å². The highest BCUT2D eigenvalue weighted by molar-refractivity contribution is 5.50. The molecule has 1 saturated carbocycles. The molecule has 0 unspecified atom stereocenters. The zero-order chi connectivity index (χ0) is 12.4. The van der Waals surface area contributed by atoms with Crippen LogP contribution in [0.3, 0.4) is 0 Å². The average molecular weight is 242 g/mol. The SMILES string of the molecule is NCCCc1cccc(-c2ncc(C3CC3)[nH]2)n1. The maximum atomic E-state index is 5.52. The van der Waals surface area contributed by atoms with Gasteiger partial charge in [0, 0.05) is 23.5 Å². The molecule has 2 heterocycles. The first kappa shape index (κ1) is 11.4. The number of aromatic amines is 1. The summed E-state index contributed by atoms with van der Waals surface area (Å²) in [5.74, 6) is 1.58. The molecular weight excluding hydrogens is 224 g/mol. The van der Waals surface area contributed by atoms with Crippen LogP contribution in [0.1, 0.15) is 36.6 Å². The number of aromatic nitrogens is 3. The lowest BCUT2D eigenvalue weighted by atomic mass is 10.2. The number of rotatable bonds is 5. The number of imidazole rings is 1. The molecule has 0 spiro atoms. The molecule has 2 aromatic rings. The van der Waals surface area contributed by atoms with Gasteiger partial charge in [-0.3, -0.25) is 0 Å². The second-order valence-electron chi connectivity index (χ2n) is 4.87. The summed E-state index contributed by atoms with van der Waals surface area (Å²) in [6.07, 6.45) is 6.42. The Hall–Kier alpha value is -1.68. The number of hydrogen-bond donors (Lipinski definition) is 2. The van der Waals surface area contributed by atoms with E-state index in [9.17, 15) is 0 Å². The number of H-pyrrole nitrogens is 1. The molecule has 94 valence electrons. The van der Waals surface area contributed by atoms with Crippen molar-refractivity contribution in [1.29, 1.82) is 0 Å². The van der Waals surface area contributed by atoms with Gasteiger partial charge in [0.15, 0.2) is 5.82 Å². The molecule has 1 aliphatic rings. The number of nitrogens with one attached hydrogen (secondary N) is 1. The van der Waals surface area contributed by atoms with Crippen molar-refractivity contribution >= 4 is 0 Å². The molecule has 0 aliphatic heterocycles. The van der Waals surface area contributed by atoms with Crippen LogP contribution in [0, 0.1) is 0 Å². The summed E-state index contributed by atoms with van der Waals surface area (Å²) in [7, 11) is 0. The first-order valence-electron chi connectivity index (χ1n) is 6.58. The Labute approximate surface area is 107 Å². The van der Waals surface area contributed by atoms with Gasteiger partial charge in [-0.2, -0.15) is 0 Å². The van der Waals surface area contributed by atoms with Crippen molar-refractivity contribution in [2.75, 3.05) is 6.54 Å². The zero-order valence-electron chi connectivity index (χ0n) is 10.4. The van der Waals surface area contributed by atoms with E-state index >= 15 is 0 Å². The van der Waals surface area contributed by atoms with Crippen molar-refractivity contribution < 1.29 is 0 Å². The highest BCUT2D eigenvalue weighted by Crippen LogP contribution is 2.39. The van der Waals surface area contributed by atoms with Gasteiger partial charge in [-0.25, -0.2) is 9.97 Å². The standard InChI is InChI=1S/C14H18N4/c15-8-2-4-11-3-1-5-12(17-11)14-16-9-13(18-14)10-6-7-10/h1,3,5,9-10H,2,4,6-8,15H2,(H,16,18). The van der Waals surface area contributed by atoms with Crippen LogP contribution in [0.2, 0.25) is 0 Å². The summed E-state index contributed by atoms with van der Waals surface area (Å²) in [5, 5.41) is 0. The van der Waals surface area contributed by atoms with E-state index in [0.717, 1.165) is 30.1 Å². The Bertz CT molecular complexity index is 528. The van der Waals surface area contributed by atoms with Crippen LogP contribution in [-0.2, 0) is 6.42 Å². The van der Waals surface area contributed by atoms with Crippen molar-refractivity contribution in [2.24, 2.45) is 5.73 Å². The lowest BCUT2D eigenvalue weighted by molar-refractivity contribution is 0.811. The van der Waals surface area contributed by atoms with E-state index in [1.54, 1.807) is 0 Å². The summed E-state index contributed by atoms with van der Waals surface area (Å²) in [5.41, 5.74) is 8.78. The minimum atomic E-state index is 0.701. The number of aryl methyl sites for hydroxylation is 1. The Kier molecular flexibility index (Phi) is 3.11. The third-order valence-electron chi connectivity index (χ3n) is 3.30. The first-order valence-corrected chi connectivity index (χ1v) is 6.58. The molecule has 0 amide bonds. The Balaban J connectivity index is 1.81. The van der Waals surface area contributed by atoms with Crippen molar-refractivity contribution in [1.82, 2.24) is 15.0 Å². The van der Waals surface area contributed by atoms with Crippen molar-refractivity contribution in [3.63, 3.8) is 0 Å². The number of nitrogens with zero attached hydrogens (tertiary/aromatic N) is 2. The van der Waals surface area contributed by atoms with Crippen LogP contribution < -0.4 is 5.73 Å². The highest BCUT2D eigenvalue weighted by Gasteiger charge is 2.25. The van der Waals surface area contributed by atoms with Crippen LogP contribution in [0.15, 0.2) is 24.4 Å². The summed E-state index contributed by atoms with van der Waals surface area (Å²) < 4.78 is 0. The molecule has 1 fully saturated rings. The van der Waals surface area contributed by atoms with E-state index in [4.69, 9.17) is 5.73 Å². The van der Waals surface area contributed by atoms with Gasteiger partial charge in [0.25, 0.3) is 0 Å². The van der Waals surface area contributed by atoms with E-state index in [-0.39, 0.29) is 0 Å². The second-order valence-corrected chi connectivity index (χ2v) is 4.87. The Morgan fingerprint density at radius 1 is 1.33 bits per heavy atom. The average Bonchev–Trinajstić information content (AvgIpc) is 3.14. The smallest absolute Gasteiger partial charge is 0.156 e. The molecule has 1 aliphatic carbocycles. The molecule has 2 aromatic heterocycles. The minimum Gasteiger partial charge on any atom is -0.340 e. The molecule has 18 heavy (non-hydrogen) atoms. The summed E-state index contributed by atoms with van der Waals surface area (Å²) in [6, 6.07) is 6.08. The van der Waals surface area contributed by atoms with Crippen LogP contribution >= 0.6 is 0 Å². The first-order chi connectivity index (χ1) is 8.86. The quantitative estimate of drug-likeness (QED) is 0.845. The molecular formula is C14H18N4. The topological polar surface area (TPSA) is 67.6 Å². The molecule has 0 saturated heterocycles. The molecule has 3 rings (SSSR count). The largest absolute Gasteiger partial charge is 0.340 e. The number of pyridine rings is 1. The number of nitrogens with two attached hydrogens (primary N) is 1. The zero-order valence-corrected chi connectivity index (χ0v) is 10.4. The van der Waals surface area contributed by atoms with Gasteiger partial charge >= 0.3 is 0 Å². The van der Waals surface area contributed by atoms with E-state index < -0.39 is 0 Å². The Morgan fingerprint density at radius 2 is 2.22 bits per heavy atom. The van der Waals surface area contributed by atoms with Gasteiger partial charge in [0.05, 0.1) is 0 Å². The van der Waals surface area contributed by atoms with E-state index in [2.05, 4.69) is 15.0 Å². The molecule has 4 nitrogen and oxygen atoms in total. The molecule has 0 bridgehead atoms. The fourth-order valence-electron chi connectivity index (χ4n) is 2.10. The van der Waals surface area contributed by atoms with Crippen molar-refractivity contribution in [2.45, 2.75) is 31.6 Å². The van der Waals surface area contributed by atoms with Gasteiger partial charge in [0.2, 0.25) is 0 Å². The molecule has 0 aromatic carbocycles. The third-order valence-corrected chi connectivity index (χ3v) is 3.30. The molecule has 0 atom stereocenters. The van der Waals surface area contributed by atoms with Crippen molar-refractivity contribution in [3.8, 4) is 11.5 Å². The second kappa shape index (κ2) is 4.90. The van der Waals surface area contributed by atoms with Gasteiger partial charge in [0.1, 0.15) is 5.69 Å².